The first-order valence-corrected chi connectivity index (χ1v) is 9.08. The van der Waals surface area contributed by atoms with E-state index < -0.39 is 0 Å². The van der Waals surface area contributed by atoms with E-state index in [1.54, 1.807) is 7.11 Å². The molecule has 7 nitrogen and oxygen atoms in total. The minimum atomic E-state index is 0.0420. The molecule has 0 radical (unpaired) electrons. The van der Waals surface area contributed by atoms with Crippen LogP contribution in [0.15, 0.2) is 36.9 Å². The highest BCUT2D eigenvalue weighted by Crippen LogP contribution is 2.42. The van der Waals surface area contributed by atoms with Gasteiger partial charge < -0.3 is 23.3 Å². The van der Waals surface area contributed by atoms with Crippen molar-refractivity contribution in [3.8, 4) is 28.6 Å². The Bertz CT molecular complexity index is 945. The van der Waals surface area contributed by atoms with Gasteiger partial charge in [0.1, 0.15) is 30.6 Å². The highest BCUT2D eigenvalue weighted by Gasteiger charge is 2.27. The van der Waals surface area contributed by atoms with Crippen LogP contribution in [-0.2, 0) is 7.05 Å². The topological polar surface area (TPSA) is 63.3 Å². The predicted molar refractivity (Wildman–Crippen MR) is 101 cm³/mol. The Balaban J connectivity index is 1.85. The lowest BCUT2D eigenvalue weighted by Crippen LogP contribution is -2.21. The summed E-state index contributed by atoms with van der Waals surface area (Å²) in [7, 11) is 3.67. The molecule has 0 saturated heterocycles. The molecule has 142 valence electrons. The summed E-state index contributed by atoms with van der Waals surface area (Å²) in [5.74, 6) is 4.23. The van der Waals surface area contributed by atoms with E-state index in [4.69, 9.17) is 14.2 Å². The van der Waals surface area contributed by atoms with Gasteiger partial charge in [0, 0.05) is 37.9 Å². The number of hydrogen-bond donors (Lipinski definition) is 0. The van der Waals surface area contributed by atoms with Crippen LogP contribution in [0.2, 0.25) is 0 Å². The smallest absolute Gasteiger partial charge is 0.165 e. The van der Waals surface area contributed by atoms with Crippen molar-refractivity contribution in [1.82, 2.24) is 19.1 Å². The third-order valence-corrected chi connectivity index (χ3v) is 4.83. The van der Waals surface area contributed by atoms with Gasteiger partial charge in [-0.2, -0.15) is 0 Å². The molecule has 0 amide bonds. The summed E-state index contributed by atoms with van der Waals surface area (Å²) in [5, 5.41) is 0. The molecule has 4 rings (SSSR count). The van der Waals surface area contributed by atoms with Crippen LogP contribution in [0.5, 0.6) is 17.2 Å². The Kier molecular flexibility index (Phi) is 4.51. The summed E-state index contributed by atoms with van der Waals surface area (Å²) in [6.07, 6.45) is 7.59. The van der Waals surface area contributed by atoms with Gasteiger partial charge in [-0.05, 0) is 12.0 Å². The molecule has 2 aromatic heterocycles. The first kappa shape index (κ1) is 17.5. The van der Waals surface area contributed by atoms with Crippen LogP contribution in [-0.4, -0.2) is 39.4 Å². The van der Waals surface area contributed by atoms with E-state index in [2.05, 4.69) is 32.9 Å². The number of ether oxygens (including phenoxy) is 3. The lowest BCUT2D eigenvalue weighted by atomic mass is 10.0. The van der Waals surface area contributed by atoms with Gasteiger partial charge in [0.05, 0.1) is 18.7 Å². The maximum Gasteiger partial charge on any atom is 0.165 e. The van der Waals surface area contributed by atoms with E-state index in [9.17, 15) is 0 Å². The minimum Gasteiger partial charge on any atom is -0.496 e. The van der Waals surface area contributed by atoms with Crippen LogP contribution in [0.3, 0.4) is 0 Å². The zero-order chi connectivity index (χ0) is 19.0. The van der Waals surface area contributed by atoms with Crippen molar-refractivity contribution in [1.29, 1.82) is 0 Å². The normalized spacial score (nSPS) is 14.4. The summed E-state index contributed by atoms with van der Waals surface area (Å²) in [4.78, 5) is 9.22. The lowest BCUT2D eigenvalue weighted by Gasteiger charge is -2.25. The molecule has 0 saturated carbocycles. The molecule has 3 aromatic rings. The SMILES string of the molecule is COc1cc2c(cc1-c1nccn1C(c1nccn1C)C(C)C)OCCO2. The van der Waals surface area contributed by atoms with Crippen molar-refractivity contribution >= 4 is 0 Å². The number of imidazole rings is 2. The number of aryl methyl sites for hydroxylation is 1. The fourth-order valence-electron chi connectivity index (χ4n) is 3.57. The van der Waals surface area contributed by atoms with E-state index >= 15 is 0 Å². The fourth-order valence-corrected chi connectivity index (χ4v) is 3.57. The molecule has 27 heavy (non-hydrogen) atoms. The Labute approximate surface area is 158 Å². The highest BCUT2D eigenvalue weighted by atomic mass is 16.6. The van der Waals surface area contributed by atoms with Crippen molar-refractivity contribution in [2.45, 2.75) is 19.9 Å². The summed E-state index contributed by atoms with van der Waals surface area (Å²) in [6.45, 7) is 5.45. The molecule has 0 fully saturated rings. The van der Waals surface area contributed by atoms with Gasteiger partial charge in [-0.25, -0.2) is 9.97 Å². The third kappa shape index (κ3) is 3.03. The lowest BCUT2D eigenvalue weighted by molar-refractivity contribution is 0.171. The molecule has 1 atom stereocenters. The number of nitrogens with zero attached hydrogens (tertiary/aromatic N) is 4. The second-order valence-electron chi connectivity index (χ2n) is 6.94. The molecule has 0 aliphatic carbocycles. The van der Waals surface area contributed by atoms with Crippen LogP contribution in [0.4, 0.5) is 0 Å². The summed E-state index contributed by atoms with van der Waals surface area (Å²) in [5.41, 5.74) is 0.867. The van der Waals surface area contributed by atoms with Crippen molar-refractivity contribution in [2.75, 3.05) is 20.3 Å². The molecular weight excluding hydrogens is 344 g/mol. The largest absolute Gasteiger partial charge is 0.496 e. The van der Waals surface area contributed by atoms with Crippen LogP contribution >= 0.6 is 0 Å². The molecule has 0 N–H and O–H groups in total. The number of aromatic nitrogens is 4. The van der Waals surface area contributed by atoms with Crippen molar-refractivity contribution < 1.29 is 14.2 Å². The molecular formula is C20H24N4O3. The standard InChI is InChI=1S/C20H24N4O3/c1-13(2)18(20-22-5-7-23(20)3)24-8-6-21-19(24)14-11-16-17(12-15(14)25-4)27-10-9-26-16/h5-8,11-13,18H,9-10H2,1-4H3. The van der Waals surface area contributed by atoms with E-state index in [0.717, 1.165) is 17.2 Å². The van der Waals surface area contributed by atoms with Crippen LogP contribution in [0.25, 0.3) is 11.4 Å². The first-order chi connectivity index (χ1) is 13.1. The molecule has 3 heterocycles. The van der Waals surface area contributed by atoms with Gasteiger partial charge in [0.15, 0.2) is 11.5 Å². The van der Waals surface area contributed by atoms with Crippen LogP contribution < -0.4 is 14.2 Å². The molecule has 1 aliphatic heterocycles. The van der Waals surface area contributed by atoms with Crippen LogP contribution in [0.1, 0.15) is 25.7 Å². The zero-order valence-corrected chi connectivity index (χ0v) is 16.0. The number of hydrogen-bond acceptors (Lipinski definition) is 5. The van der Waals surface area contributed by atoms with Gasteiger partial charge >= 0.3 is 0 Å². The van der Waals surface area contributed by atoms with Crippen LogP contribution in [0, 0.1) is 5.92 Å². The highest BCUT2D eigenvalue weighted by molar-refractivity contribution is 5.70. The molecule has 1 aromatic carbocycles. The maximum atomic E-state index is 5.77. The first-order valence-electron chi connectivity index (χ1n) is 9.08. The maximum absolute atomic E-state index is 5.77. The molecule has 1 unspecified atom stereocenters. The van der Waals surface area contributed by atoms with E-state index in [-0.39, 0.29) is 6.04 Å². The van der Waals surface area contributed by atoms with Crippen molar-refractivity contribution in [3.63, 3.8) is 0 Å². The molecule has 7 heteroatoms. The predicted octanol–water partition coefficient (Wildman–Crippen LogP) is 3.31. The number of rotatable bonds is 5. The number of fused-ring (bicyclic) bond motifs is 1. The Hall–Kier alpha value is -2.96. The van der Waals surface area contributed by atoms with E-state index in [0.29, 0.717) is 36.4 Å². The fraction of sp³-hybridized carbons (Fsp3) is 0.400. The molecule has 0 bridgehead atoms. The molecule has 1 aliphatic rings. The zero-order valence-electron chi connectivity index (χ0n) is 16.0. The Morgan fingerprint density at radius 3 is 2.37 bits per heavy atom. The van der Waals surface area contributed by atoms with Gasteiger partial charge in [0.2, 0.25) is 0 Å². The van der Waals surface area contributed by atoms with E-state index in [1.165, 1.54) is 0 Å². The number of benzene rings is 1. The van der Waals surface area contributed by atoms with Crippen molar-refractivity contribution in [2.24, 2.45) is 13.0 Å². The average molecular weight is 368 g/mol. The van der Waals surface area contributed by atoms with Gasteiger partial charge in [0.25, 0.3) is 0 Å². The second kappa shape index (κ2) is 6.98. The number of methoxy groups -OCH3 is 1. The minimum absolute atomic E-state index is 0.0420. The monoisotopic (exact) mass is 368 g/mol. The third-order valence-electron chi connectivity index (χ3n) is 4.83. The Morgan fingerprint density at radius 2 is 1.74 bits per heavy atom. The van der Waals surface area contributed by atoms with Crippen molar-refractivity contribution in [3.05, 3.63) is 42.7 Å². The van der Waals surface area contributed by atoms with Gasteiger partial charge in [-0.1, -0.05) is 13.8 Å². The Morgan fingerprint density at radius 1 is 1.04 bits per heavy atom. The van der Waals surface area contributed by atoms with Gasteiger partial charge in [-0.15, -0.1) is 0 Å². The summed E-state index contributed by atoms with van der Waals surface area (Å²) in [6, 6.07) is 3.86. The quantitative estimate of drug-likeness (QED) is 0.691. The summed E-state index contributed by atoms with van der Waals surface area (Å²) < 4.78 is 21.3. The molecule has 0 spiro atoms. The van der Waals surface area contributed by atoms with E-state index in [1.807, 2.05) is 44.0 Å². The van der Waals surface area contributed by atoms with Gasteiger partial charge in [-0.3, -0.25) is 0 Å². The average Bonchev–Trinajstić information content (AvgIpc) is 3.30. The second-order valence-corrected chi connectivity index (χ2v) is 6.94. The summed E-state index contributed by atoms with van der Waals surface area (Å²) >= 11 is 0.